The molecule has 1 aromatic rings. The molecule has 0 spiro atoms. The van der Waals surface area contributed by atoms with E-state index in [9.17, 15) is 8.42 Å². The van der Waals surface area contributed by atoms with Crippen molar-refractivity contribution in [1.82, 2.24) is 14.2 Å². The van der Waals surface area contributed by atoms with E-state index in [1.54, 1.807) is 10.4 Å². The SMILES string of the molecule is C#CCCN1CCN(c2ccc(S(=O)(=O)N3CCCC3)cn2)CC1. The van der Waals surface area contributed by atoms with Crippen LogP contribution < -0.4 is 4.90 Å². The number of hydrogen-bond acceptors (Lipinski definition) is 5. The van der Waals surface area contributed by atoms with Gasteiger partial charge in [-0.15, -0.1) is 12.3 Å². The highest BCUT2D eigenvalue weighted by Gasteiger charge is 2.27. The van der Waals surface area contributed by atoms with Crippen molar-refractivity contribution in [1.29, 1.82) is 0 Å². The molecule has 2 fully saturated rings. The third-order valence-corrected chi connectivity index (χ3v) is 6.57. The summed E-state index contributed by atoms with van der Waals surface area (Å²) >= 11 is 0. The zero-order valence-electron chi connectivity index (χ0n) is 13.9. The van der Waals surface area contributed by atoms with Gasteiger partial charge in [0.2, 0.25) is 10.0 Å². The van der Waals surface area contributed by atoms with E-state index in [4.69, 9.17) is 6.42 Å². The number of nitrogens with zero attached hydrogens (tertiary/aromatic N) is 4. The summed E-state index contributed by atoms with van der Waals surface area (Å²) in [5.41, 5.74) is 0. The fraction of sp³-hybridized carbons (Fsp3) is 0.588. The van der Waals surface area contributed by atoms with Crippen LogP contribution >= 0.6 is 0 Å². The fourth-order valence-corrected chi connectivity index (χ4v) is 4.68. The normalized spacial score (nSPS) is 20.2. The van der Waals surface area contributed by atoms with Gasteiger partial charge in [0.15, 0.2) is 0 Å². The van der Waals surface area contributed by atoms with Crippen molar-refractivity contribution < 1.29 is 8.42 Å². The van der Waals surface area contributed by atoms with Crippen molar-refractivity contribution in [2.24, 2.45) is 0 Å². The summed E-state index contributed by atoms with van der Waals surface area (Å²) in [5, 5.41) is 0. The summed E-state index contributed by atoms with van der Waals surface area (Å²) in [7, 11) is -3.38. The van der Waals surface area contributed by atoms with Crippen LogP contribution in [0.5, 0.6) is 0 Å². The van der Waals surface area contributed by atoms with Gasteiger partial charge in [0.25, 0.3) is 0 Å². The molecule has 0 radical (unpaired) electrons. The van der Waals surface area contributed by atoms with Gasteiger partial charge in [-0.25, -0.2) is 13.4 Å². The van der Waals surface area contributed by atoms with Crippen LogP contribution in [0.3, 0.4) is 0 Å². The fourth-order valence-electron chi connectivity index (χ4n) is 3.21. The molecule has 0 unspecified atom stereocenters. The predicted octanol–water partition coefficient (Wildman–Crippen LogP) is 1.01. The quantitative estimate of drug-likeness (QED) is 0.744. The van der Waals surface area contributed by atoms with Gasteiger partial charge in [-0.3, -0.25) is 4.90 Å². The smallest absolute Gasteiger partial charge is 0.244 e. The van der Waals surface area contributed by atoms with Crippen LogP contribution in [0.4, 0.5) is 5.82 Å². The van der Waals surface area contributed by atoms with Gasteiger partial charge < -0.3 is 4.90 Å². The third-order valence-electron chi connectivity index (χ3n) is 4.69. The molecular formula is C17H24N4O2S. The minimum Gasteiger partial charge on any atom is -0.354 e. The Morgan fingerprint density at radius 2 is 1.79 bits per heavy atom. The molecule has 3 heterocycles. The maximum Gasteiger partial charge on any atom is 0.244 e. The monoisotopic (exact) mass is 348 g/mol. The maximum absolute atomic E-state index is 12.5. The zero-order chi connectivity index (χ0) is 17.0. The van der Waals surface area contributed by atoms with E-state index in [0.717, 1.165) is 57.8 Å². The highest BCUT2D eigenvalue weighted by Crippen LogP contribution is 2.22. The lowest BCUT2D eigenvalue weighted by Gasteiger charge is -2.35. The zero-order valence-corrected chi connectivity index (χ0v) is 14.7. The van der Waals surface area contributed by atoms with Gasteiger partial charge in [0.05, 0.1) is 0 Å². The van der Waals surface area contributed by atoms with Crippen LogP contribution in [0, 0.1) is 12.3 Å². The molecule has 2 saturated heterocycles. The van der Waals surface area contributed by atoms with E-state index in [-0.39, 0.29) is 0 Å². The molecule has 6 nitrogen and oxygen atoms in total. The number of sulfonamides is 1. The van der Waals surface area contributed by atoms with E-state index in [1.807, 2.05) is 6.07 Å². The number of piperazine rings is 1. The molecule has 130 valence electrons. The third kappa shape index (κ3) is 3.72. The van der Waals surface area contributed by atoms with Crippen LogP contribution in [0.1, 0.15) is 19.3 Å². The van der Waals surface area contributed by atoms with Crippen molar-refractivity contribution >= 4 is 15.8 Å². The molecule has 0 N–H and O–H groups in total. The van der Waals surface area contributed by atoms with E-state index in [2.05, 4.69) is 20.7 Å². The summed E-state index contributed by atoms with van der Waals surface area (Å²) in [6.07, 6.45) is 9.46. The maximum atomic E-state index is 12.5. The molecule has 24 heavy (non-hydrogen) atoms. The molecule has 0 saturated carbocycles. The van der Waals surface area contributed by atoms with Crippen molar-refractivity contribution in [2.75, 3.05) is 50.7 Å². The van der Waals surface area contributed by atoms with E-state index in [0.29, 0.717) is 18.0 Å². The molecule has 0 aromatic carbocycles. The van der Waals surface area contributed by atoms with Gasteiger partial charge in [0, 0.05) is 58.4 Å². The molecule has 0 bridgehead atoms. The lowest BCUT2D eigenvalue weighted by Crippen LogP contribution is -2.46. The number of anilines is 1. The van der Waals surface area contributed by atoms with Gasteiger partial charge in [0.1, 0.15) is 10.7 Å². The standard InChI is InChI=1S/C17H24N4O2S/c1-2-3-8-19-11-13-20(14-12-19)17-7-6-16(15-18-17)24(22,23)21-9-4-5-10-21/h1,6-7,15H,3-5,8-14H2. The summed E-state index contributed by atoms with van der Waals surface area (Å²) in [5.74, 6) is 3.51. The minimum absolute atomic E-state index is 0.292. The molecule has 0 aliphatic carbocycles. The number of rotatable bonds is 5. The summed E-state index contributed by atoms with van der Waals surface area (Å²) in [4.78, 5) is 9.23. The second-order valence-electron chi connectivity index (χ2n) is 6.25. The second kappa shape index (κ2) is 7.51. The average molecular weight is 348 g/mol. The molecule has 1 aromatic heterocycles. The largest absolute Gasteiger partial charge is 0.354 e. The summed E-state index contributed by atoms with van der Waals surface area (Å²) in [6, 6.07) is 3.50. The Morgan fingerprint density at radius 1 is 1.08 bits per heavy atom. The molecule has 0 atom stereocenters. The Bertz CT molecular complexity index is 682. The minimum atomic E-state index is -3.38. The Kier molecular flexibility index (Phi) is 5.39. The first-order chi connectivity index (χ1) is 11.6. The van der Waals surface area contributed by atoms with Crippen molar-refractivity contribution in [3.63, 3.8) is 0 Å². The van der Waals surface area contributed by atoms with Crippen molar-refractivity contribution in [3.05, 3.63) is 18.3 Å². The topological polar surface area (TPSA) is 56.8 Å². The van der Waals surface area contributed by atoms with E-state index in [1.165, 1.54) is 6.20 Å². The number of hydrogen-bond donors (Lipinski definition) is 0. The van der Waals surface area contributed by atoms with Crippen LogP contribution in [0.2, 0.25) is 0 Å². The highest BCUT2D eigenvalue weighted by molar-refractivity contribution is 7.89. The van der Waals surface area contributed by atoms with Gasteiger partial charge in [-0.05, 0) is 25.0 Å². The molecule has 7 heteroatoms. The Balaban J connectivity index is 1.62. The van der Waals surface area contributed by atoms with Crippen LogP contribution in [-0.2, 0) is 10.0 Å². The Hall–Kier alpha value is -1.62. The molecule has 3 rings (SSSR count). The van der Waals surface area contributed by atoms with Gasteiger partial charge >= 0.3 is 0 Å². The first-order valence-corrected chi connectivity index (χ1v) is 9.92. The van der Waals surface area contributed by atoms with Gasteiger partial charge in [-0.1, -0.05) is 0 Å². The van der Waals surface area contributed by atoms with Crippen LogP contribution in [-0.4, -0.2) is 68.4 Å². The van der Waals surface area contributed by atoms with Crippen LogP contribution in [0.25, 0.3) is 0 Å². The first kappa shape index (κ1) is 17.2. The predicted molar refractivity (Wildman–Crippen MR) is 94.3 cm³/mol. The molecule has 2 aliphatic heterocycles. The molecule has 0 amide bonds. The number of terminal acetylenes is 1. The number of aromatic nitrogens is 1. The van der Waals surface area contributed by atoms with E-state index < -0.39 is 10.0 Å². The Labute approximate surface area is 144 Å². The summed E-state index contributed by atoms with van der Waals surface area (Å²) < 4.78 is 26.6. The highest BCUT2D eigenvalue weighted by atomic mass is 32.2. The van der Waals surface area contributed by atoms with Crippen LogP contribution in [0.15, 0.2) is 23.2 Å². The first-order valence-electron chi connectivity index (χ1n) is 8.48. The van der Waals surface area contributed by atoms with Crippen molar-refractivity contribution in [3.8, 4) is 12.3 Å². The second-order valence-corrected chi connectivity index (χ2v) is 8.18. The Morgan fingerprint density at radius 3 is 2.38 bits per heavy atom. The van der Waals surface area contributed by atoms with Crippen molar-refractivity contribution in [2.45, 2.75) is 24.2 Å². The molecular weight excluding hydrogens is 324 g/mol. The molecule has 2 aliphatic rings. The number of pyridine rings is 1. The van der Waals surface area contributed by atoms with Gasteiger partial charge in [-0.2, -0.15) is 4.31 Å². The lowest BCUT2D eigenvalue weighted by molar-refractivity contribution is 0.263. The average Bonchev–Trinajstić information content (AvgIpc) is 3.16. The summed E-state index contributed by atoms with van der Waals surface area (Å²) in [6.45, 7) is 5.85. The van der Waals surface area contributed by atoms with E-state index >= 15 is 0 Å². The lowest BCUT2D eigenvalue weighted by atomic mass is 10.3.